The van der Waals surface area contributed by atoms with E-state index in [9.17, 15) is 23.7 Å². The van der Waals surface area contributed by atoms with Gasteiger partial charge in [-0.25, -0.2) is 8.78 Å². The molecule has 0 aliphatic carbocycles. The molecule has 6 heteroatoms. The summed E-state index contributed by atoms with van der Waals surface area (Å²) in [4.78, 5) is 20.7. The Hall–Kier alpha value is -2.63. The lowest BCUT2D eigenvalue weighted by atomic mass is 10.0. The number of benzene rings is 2. The molecule has 0 saturated carbocycles. The first kappa shape index (κ1) is 12.8. The van der Waals surface area contributed by atoms with Gasteiger partial charge < -0.3 is 0 Å². The molecule has 19 heavy (non-hydrogen) atoms. The molecule has 96 valence electrons. The van der Waals surface area contributed by atoms with Crippen molar-refractivity contribution in [3.63, 3.8) is 0 Å². The van der Waals surface area contributed by atoms with Crippen molar-refractivity contribution >= 4 is 12.0 Å². The van der Waals surface area contributed by atoms with Crippen molar-refractivity contribution < 1.29 is 18.5 Å². The van der Waals surface area contributed by atoms with E-state index >= 15 is 0 Å². The minimum Gasteiger partial charge on any atom is -0.298 e. The number of carbonyl (C=O) groups excluding carboxylic acids is 1. The Morgan fingerprint density at radius 2 is 1.84 bits per heavy atom. The zero-order valence-electron chi connectivity index (χ0n) is 9.47. The van der Waals surface area contributed by atoms with Crippen molar-refractivity contribution in [1.29, 1.82) is 0 Å². The predicted molar refractivity (Wildman–Crippen MR) is 63.8 cm³/mol. The molecule has 0 saturated heterocycles. The van der Waals surface area contributed by atoms with E-state index < -0.39 is 22.2 Å². The maximum absolute atomic E-state index is 13.6. The van der Waals surface area contributed by atoms with E-state index in [0.717, 1.165) is 24.3 Å². The highest BCUT2D eigenvalue weighted by Crippen LogP contribution is 2.28. The van der Waals surface area contributed by atoms with E-state index in [0.29, 0.717) is 6.29 Å². The number of hydrogen-bond acceptors (Lipinski definition) is 3. The van der Waals surface area contributed by atoms with Gasteiger partial charge in [0.05, 0.1) is 10.5 Å². The third-order valence-electron chi connectivity index (χ3n) is 2.59. The summed E-state index contributed by atoms with van der Waals surface area (Å²) in [5, 5.41) is 10.8. The fourth-order valence-corrected chi connectivity index (χ4v) is 1.69. The Bertz CT molecular complexity index is 671. The Labute approximate surface area is 106 Å². The van der Waals surface area contributed by atoms with Crippen LogP contribution in [0.1, 0.15) is 10.4 Å². The normalized spacial score (nSPS) is 10.2. The number of aldehydes is 1. The summed E-state index contributed by atoms with van der Waals surface area (Å²) in [7, 11) is 0. The maximum Gasteiger partial charge on any atom is 0.280 e. The van der Waals surface area contributed by atoms with Crippen molar-refractivity contribution in [3.05, 3.63) is 63.7 Å². The average molecular weight is 263 g/mol. The summed E-state index contributed by atoms with van der Waals surface area (Å²) in [6.07, 6.45) is 0.337. The summed E-state index contributed by atoms with van der Waals surface area (Å²) in [5.41, 5.74) is -0.531. The van der Waals surface area contributed by atoms with E-state index in [1.54, 1.807) is 0 Å². The Kier molecular flexibility index (Phi) is 3.33. The molecule has 0 heterocycles. The van der Waals surface area contributed by atoms with Crippen LogP contribution in [0.25, 0.3) is 11.1 Å². The van der Waals surface area contributed by atoms with Crippen LogP contribution in [0.3, 0.4) is 0 Å². The van der Waals surface area contributed by atoms with E-state index in [2.05, 4.69) is 0 Å². The Morgan fingerprint density at radius 3 is 2.47 bits per heavy atom. The van der Waals surface area contributed by atoms with Gasteiger partial charge in [0.25, 0.3) is 5.69 Å². The number of nitrogens with zero attached hydrogens (tertiary/aromatic N) is 1. The monoisotopic (exact) mass is 263 g/mol. The van der Waals surface area contributed by atoms with Crippen molar-refractivity contribution in [2.75, 3.05) is 0 Å². The van der Waals surface area contributed by atoms with Gasteiger partial charge in [-0.3, -0.25) is 14.9 Å². The lowest BCUT2D eigenvalue weighted by molar-refractivity contribution is -0.385. The third-order valence-corrected chi connectivity index (χ3v) is 2.59. The topological polar surface area (TPSA) is 60.2 Å². The summed E-state index contributed by atoms with van der Waals surface area (Å²) in [6.45, 7) is 0. The molecule has 0 aromatic heterocycles. The molecular weight excluding hydrogens is 256 g/mol. The number of hydrogen-bond donors (Lipinski definition) is 0. The molecule has 2 rings (SSSR count). The Morgan fingerprint density at radius 1 is 1.11 bits per heavy atom. The maximum atomic E-state index is 13.6. The fraction of sp³-hybridized carbons (Fsp3) is 0. The largest absolute Gasteiger partial charge is 0.298 e. The van der Waals surface area contributed by atoms with Crippen LogP contribution in [-0.4, -0.2) is 11.2 Å². The quantitative estimate of drug-likeness (QED) is 0.484. The molecule has 4 nitrogen and oxygen atoms in total. The summed E-state index contributed by atoms with van der Waals surface area (Å²) in [6, 6.07) is 6.40. The van der Waals surface area contributed by atoms with Crippen molar-refractivity contribution in [2.24, 2.45) is 0 Å². The van der Waals surface area contributed by atoms with Gasteiger partial charge >= 0.3 is 0 Å². The molecule has 0 unspecified atom stereocenters. The molecule has 0 amide bonds. The number of carbonyl (C=O) groups is 1. The SMILES string of the molecule is O=Cc1ccc(-c2cc(F)ccc2F)cc1[N+](=O)[O-]. The predicted octanol–water partition coefficient (Wildman–Crippen LogP) is 3.35. The van der Waals surface area contributed by atoms with Crippen LogP contribution in [0, 0.1) is 21.7 Å². The third kappa shape index (κ3) is 2.47. The van der Waals surface area contributed by atoms with Gasteiger partial charge in [0.15, 0.2) is 6.29 Å². The van der Waals surface area contributed by atoms with Crippen LogP contribution in [-0.2, 0) is 0 Å². The van der Waals surface area contributed by atoms with Gasteiger partial charge in [0.2, 0.25) is 0 Å². The Balaban J connectivity index is 2.63. The minimum absolute atomic E-state index is 0.0967. The molecule has 0 radical (unpaired) electrons. The van der Waals surface area contributed by atoms with Crippen molar-refractivity contribution in [1.82, 2.24) is 0 Å². The van der Waals surface area contributed by atoms with Crippen LogP contribution in [0.4, 0.5) is 14.5 Å². The number of rotatable bonds is 3. The smallest absolute Gasteiger partial charge is 0.280 e. The van der Waals surface area contributed by atoms with Gasteiger partial charge in [-0.05, 0) is 29.8 Å². The molecule has 0 aliphatic rings. The van der Waals surface area contributed by atoms with E-state index in [1.165, 1.54) is 12.1 Å². The highest BCUT2D eigenvalue weighted by molar-refractivity contribution is 5.84. The first-order valence-corrected chi connectivity index (χ1v) is 5.22. The molecule has 0 bridgehead atoms. The van der Waals surface area contributed by atoms with Gasteiger partial charge in [-0.2, -0.15) is 0 Å². The van der Waals surface area contributed by atoms with Gasteiger partial charge in [-0.15, -0.1) is 0 Å². The van der Waals surface area contributed by atoms with Crippen LogP contribution < -0.4 is 0 Å². The second kappa shape index (κ2) is 4.93. The molecule has 0 atom stereocenters. The first-order chi connectivity index (χ1) is 9.02. The minimum atomic E-state index is -0.746. The summed E-state index contributed by atoms with van der Waals surface area (Å²) in [5.74, 6) is -1.35. The first-order valence-electron chi connectivity index (χ1n) is 5.22. The zero-order chi connectivity index (χ0) is 14.0. The van der Waals surface area contributed by atoms with Crippen LogP contribution >= 0.6 is 0 Å². The molecule has 0 fully saturated rings. The highest BCUT2D eigenvalue weighted by atomic mass is 19.1. The van der Waals surface area contributed by atoms with Crippen LogP contribution in [0.2, 0.25) is 0 Å². The standard InChI is InChI=1S/C13H7F2NO3/c14-10-3-4-12(15)11(6-10)8-1-2-9(7-17)13(5-8)16(18)19/h1-7H. The van der Waals surface area contributed by atoms with Gasteiger partial charge in [0.1, 0.15) is 11.6 Å². The molecule has 0 aliphatic heterocycles. The highest BCUT2D eigenvalue weighted by Gasteiger charge is 2.16. The summed E-state index contributed by atoms with van der Waals surface area (Å²) < 4.78 is 26.6. The van der Waals surface area contributed by atoms with E-state index in [1.807, 2.05) is 0 Å². The summed E-state index contributed by atoms with van der Waals surface area (Å²) >= 11 is 0. The van der Waals surface area contributed by atoms with Crippen molar-refractivity contribution in [2.45, 2.75) is 0 Å². The van der Waals surface area contributed by atoms with E-state index in [4.69, 9.17) is 0 Å². The van der Waals surface area contributed by atoms with Crippen LogP contribution in [0.15, 0.2) is 36.4 Å². The fourth-order valence-electron chi connectivity index (χ4n) is 1.69. The molecule has 0 N–H and O–H groups in total. The molecule has 2 aromatic carbocycles. The molecule has 2 aromatic rings. The lowest BCUT2D eigenvalue weighted by Crippen LogP contribution is -1.95. The number of nitro benzene ring substituents is 1. The average Bonchev–Trinajstić information content (AvgIpc) is 2.40. The van der Waals surface area contributed by atoms with E-state index in [-0.39, 0.29) is 16.7 Å². The molecular formula is C13H7F2NO3. The number of halogens is 2. The second-order valence-corrected chi connectivity index (χ2v) is 3.77. The molecule has 0 spiro atoms. The van der Waals surface area contributed by atoms with Gasteiger partial charge in [-0.1, -0.05) is 6.07 Å². The van der Waals surface area contributed by atoms with Crippen LogP contribution in [0.5, 0.6) is 0 Å². The van der Waals surface area contributed by atoms with Crippen molar-refractivity contribution in [3.8, 4) is 11.1 Å². The lowest BCUT2D eigenvalue weighted by Gasteiger charge is -2.04. The zero-order valence-corrected chi connectivity index (χ0v) is 9.47. The second-order valence-electron chi connectivity index (χ2n) is 3.77. The van der Waals surface area contributed by atoms with Gasteiger partial charge in [0, 0.05) is 11.6 Å². The number of nitro groups is 1.